The Kier molecular flexibility index (Phi) is 6.92. The van der Waals surface area contributed by atoms with Crippen molar-refractivity contribution in [2.24, 2.45) is 0 Å². The molecular weight excluding hydrogens is 434 g/mol. The summed E-state index contributed by atoms with van der Waals surface area (Å²) in [5.74, 6) is -0.274. The molecule has 0 bridgehead atoms. The smallest absolute Gasteiger partial charge is 0.344 e. The normalized spacial score (nSPS) is 11.8. The third-order valence-corrected chi connectivity index (χ3v) is 5.42. The second-order valence-corrected chi connectivity index (χ2v) is 8.00. The molecule has 0 spiro atoms. The van der Waals surface area contributed by atoms with Gasteiger partial charge in [0.05, 0.1) is 17.6 Å². The van der Waals surface area contributed by atoms with E-state index in [9.17, 15) is 14.4 Å². The van der Waals surface area contributed by atoms with Gasteiger partial charge >= 0.3 is 11.6 Å². The summed E-state index contributed by atoms with van der Waals surface area (Å²) in [4.78, 5) is 36.6. The van der Waals surface area contributed by atoms with E-state index in [1.807, 2.05) is 37.3 Å². The molecule has 3 aromatic carbocycles. The second-order valence-electron chi connectivity index (χ2n) is 8.00. The van der Waals surface area contributed by atoms with Gasteiger partial charge in [0.15, 0.2) is 6.10 Å². The molecule has 0 aliphatic heterocycles. The number of esters is 1. The average molecular weight is 459 g/mol. The standard InChI is InChI=1S/C27H25NO6/c1-17-8-10-19(11-9-17)26(30)32-15-5-14-28-25(29)18(2)33-20-12-13-22-21-6-3-4-7-23(21)27(31)34-24(22)16-20/h3-4,6-13,16,18H,5,14-15H2,1-2H3,(H,28,29)/t18-/m1/s1. The van der Waals surface area contributed by atoms with Crippen molar-refractivity contribution in [3.05, 3.63) is 88.3 Å². The Morgan fingerprint density at radius 2 is 1.71 bits per heavy atom. The van der Waals surface area contributed by atoms with Gasteiger partial charge in [0.2, 0.25) is 0 Å². The number of carbonyl (C=O) groups excluding carboxylic acids is 2. The van der Waals surface area contributed by atoms with Gasteiger partial charge in [0.1, 0.15) is 11.3 Å². The fourth-order valence-electron chi connectivity index (χ4n) is 3.56. The van der Waals surface area contributed by atoms with Crippen molar-refractivity contribution in [2.45, 2.75) is 26.4 Å². The van der Waals surface area contributed by atoms with Crippen LogP contribution in [0.25, 0.3) is 21.7 Å². The van der Waals surface area contributed by atoms with Crippen LogP contribution in [-0.4, -0.2) is 31.1 Å². The number of ether oxygens (including phenoxy) is 2. The molecule has 0 fully saturated rings. The molecule has 4 rings (SSSR count). The predicted octanol–water partition coefficient (Wildman–Crippen LogP) is 4.39. The van der Waals surface area contributed by atoms with Crippen LogP contribution >= 0.6 is 0 Å². The third-order valence-electron chi connectivity index (χ3n) is 5.42. The van der Waals surface area contributed by atoms with Crippen LogP contribution in [-0.2, 0) is 9.53 Å². The van der Waals surface area contributed by atoms with Gasteiger partial charge in [-0.05, 0) is 56.0 Å². The van der Waals surface area contributed by atoms with Crippen LogP contribution in [0.15, 0.2) is 75.9 Å². The maximum atomic E-state index is 12.4. The van der Waals surface area contributed by atoms with Crippen LogP contribution in [0.3, 0.4) is 0 Å². The van der Waals surface area contributed by atoms with E-state index in [0.29, 0.717) is 35.2 Å². The van der Waals surface area contributed by atoms with Crippen molar-refractivity contribution >= 4 is 33.6 Å². The molecule has 0 unspecified atom stereocenters. The molecule has 34 heavy (non-hydrogen) atoms. The lowest BCUT2D eigenvalue weighted by molar-refractivity contribution is -0.127. The van der Waals surface area contributed by atoms with Crippen molar-refractivity contribution in [3.63, 3.8) is 0 Å². The molecule has 1 heterocycles. The maximum Gasteiger partial charge on any atom is 0.344 e. The second kappa shape index (κ2) is 10.2. The van der Waals surface area contributed by atoms with Crippen LogP contribution in [0.1, 0.15) is 29.3 Å². The number of rotatable bonds is 8. The molecule has 0 saturated carbocycles. The van der Waals surface area contributed by atoms with Crippen LogP contribution < -0.4 is 15.7 Å². The first-order valence-electron chi connectivity index (χ1n) is 11.1. The minimum absolute atomic E-state index is 0.194. The lowest BCUT2D eigenvalue weighted by Crippen LogP contribution is -2.37. The molecule has 0 radical (unpaired) electrons. The summed E-state index contributed by atoms with van der Waals surface area (Å²) in [5, 5.41) is 4.87. The fourth-order valence-corrected chi connectivity index (χ4v) is 3.56. The molecule has 0 saturated heterocycles. The summed E-state index contributed by atoms with van der Waals surface area (Å²) < 4.78 is 16.4. The van der Waals surface area contributed by atoms with Gasteiger partial charge in [0, 0.05) is 18.0 Å². The lowest BCUT2D eigenvalue weighted by Gasteiger charge is -2.15. The summed E-state index contributed by atoms with van der Waals surface area (Å²) in [5.41, 5.74) is 1.53. The molecule has 4 aromatic rings. The minimum Gasteiger partial charge on any atom is -0.481 e. The van der Waals surface area contributed by atoms with E-state index in [1.54, 1.807) is 43.3 Å². The van der Waals surface area contributed by atoms with E-state index in [1.165, 1.54) is 0 Å². The maximum absolute atomic E-state index is 12.4. The number of aryl methyl sites for hydroxylation is 1. The summed E-state index contributed by atoms with van der Waals surface area (Å²) >= 11 is 0. The highest BCUT2D eigenvalue weighted by Crippen LogP contribution is 2.26. The summed E-state index contributed by atoms with van der Waals surface area (Å²) in [6.45, 7) is 4.11. The molecule has 0 aliphatic carbocycles. The minimum atomic E-state index is -0.764. The molecule has 7 nitrogen and oxygen atoms in total. The molecule has 1 N–H and O–H groups in total. The topological polar surface area (TPSA) is 94.8 Å². The van der Waals surface area contributed by atoms with Crippen LogP contribution in [0.2, 0.25) is 0 Å². The van der Waals surface area contributed by atoms with Crippen molar-refractivity contribution in [1.29, 1.82) is 0 Å². The number of hydrogen-bond acceptors (Lipinski definition) is 6. The first kappa shape index (κ1) is 23.0. The highest BCUT2D eigenvalue weighted by Gasteiger charge is 2.15. The van der Waals surface area contributed by atoms with E-state index in [0.717, 1.165) is 16.3 Å². The van der Waals surface area contributed by atoms with Crippen LogP contribution in [0.5, 0.6) is 5.75 Å². The molecular formula is C27H25NO6. The highest BCUT2D eigenvalue weighted by atomic mass is 16.5. The van der Waals surface area contributed by atoms with Crippen molar-refractivity contribution in [3.8, 4) is 5.75 Å². The van der Waals surface area contributed by atoms with E-state index < -0.39 is 17.7 Å². The Bertz CT molecular complexity index is 1390. The van der Waals surface area contributed by atoms with Gasteiger partial charge in [-0.25, -0.2) is 9.59 Å². The zero-order valence-electron chi connectivity index (χ0n) is 19.0. The zero-order valence-corrected chi connectivity index (χ0v) is 19.0. The molecule has 0 aliphatic rings. The fraction of sp³-hybridized carbons (Fsp3) is 0.222. The van der Waals surface area contributed by atoms with Crippen molar-refractivity contribution in [1.82, 2.24) is 5.32 Å². The Labute approximate surface area is 196 Å². The first-order chi connectivity index (χ1) is 16.4. The molecule has 1 atom stereocenters. The number of amides is 1. The first-order valence-corrected chi connectivity index (χ1v) is 11.1. The summed E-state index contributed by atoms with van der Waals surface area (Å²) in [7, 11) is 0. The largest absolute Gasteiger partial charge is 0.481 e. The Morgan fingerprint density at radius 1 is 0.971 bits per heavy atom. The van der Waals surface area contributed by atoms with Crippen LogP contribution in [0.4, 0.5) is 0 Å². The third kappa shape index (κ3) is 5.26. The number of hydrogen-bond donors (Lipinski definition) is 1. The highest BCUT2D eigenvalue weighted by molar-refractivity contribution is 6.04. The zero-order chi connectivity index (χ0) is 24.1. The van der Waals surface area contributed by atoms with Crippen LogP contribution in [0, 0.1) is 6.92 Å². The summed E-state index contributed by atoms with van der Waals surface area (Å²) in [6, 6.07) is 19.5. The van der Waals surface area contributed by atoms with E-state index in [4.69, 9.17) is 13.9 Å². The van der Waals surface area contributed by atoms with Crippen molar-refractivity contribution < 1.29 is 23.5 Å². The quantitative estimate of drug-likeness (QED) is 0.182. The lowest BCUT2D eigenvalue weighted by atomic mass is 10.1. The van der Waals surface area contributed by atoms with Gasteiger partial charge in [-0.3, -0.25) is 4.79 Å². The Hall–Kier alpha value is -4.13. The monoisotopic (exact) mass is 459 g/mol. The molecule has 1 aromatic heterocycles. The molecule has 7 heteroatoms. The molecule has 1 amide bonds. The Balaban J connectivity index is 1.27. The van der Waals surface area contributed by atoms with E-state index in [2.05, 4.69) is 5.32 Å². The van der Waals surface area contributed by atoms with Gasteiger partial charge in [-0.15, -0.1) is 0 Å². The van der Waals surface area contributed by atoms with Gasteiger partial charge in [-0.1, -0.05) is 35.9 Å². The summed E-state index contributed by atoms with van der Waals surface area (Å²) in [6.07, 6.45) is -0.288. The van der Waals surface area contributed by atoms with Gasteiger partial charge < -0.3 is 19.2 Å². The van der Waals surface area contributed by atoms with E-state index >= 15 is 0 Å². The van der Waals surface area contributed by atoms with E-state index in [-0.39, 0.29) is 12.5 Å². The Morgan fingerprint density at radius 3 is 2.47 bits per heavy atom. The van der Waals surface area contributed by atoms with Crippen molar-refractivity contribution in [2.75, 3.05) is 13.2 Å². The van der Waals surface area contributed by atoms with Gasteiger partial charge in [-0.2, -0.15) is 0 Å². The van der Waals surface area contributed by atoms with Gasteiger partial charge in [0.25, 0.3) is 5.91 Å². The number of nitrogens with one attached hydrogen (secondary N) is 1. The SMILES string of the molecule is Cc1ccc(C(=O)OCCCNC(=O)[C@@H](C)Oc2ccc3c(c2)oc(=O)c2ccccc23)cc1. The predicted molar refractivity (Wildman–Crippen MR) is 129 cm³/mol. The number of fused-ring (bicyclic) bond motifs is 3. The number of benzene rings is 3. The molecule has 174 valence electrons. The average Bonchev–Trinajstić information content (AvgIpc) is 2.84. The number of carbonyl (C=O) groups is 2.